The number of nitrogens with two attached hydrogens (primary N) is 1. The zero-order valence-corrected chi connectivity index (χ0v) is 11.3. The van der Waals surface area contributed by atoms with E-state index in [1.54, 1.807) is 6.07 Å². The van der Waals surface area contributed by atoms with Crippen LogP contribution < -0.4 is 5.73 Å². The van der Waals surface area contributed by atoms with E-state index in [0.29, 0.717) is 0 Å². The second-order valence-electron chi connectivity index (χ2n) is 4.73. The fourth-order valence-electron chi connectivity index (χ4n) is 1.49. The molecule has 0 heterocycles. The van der Waals surface area contributed by atoms with Crippen LogP contribution in [0, 0.1) is 0 Å². The summed E-state index contributed by atoms with van der Waals surface area (Å²) < 4.78 is 0.770. The molecule has 0 aliphatic carbocycles. The lowest BCUT2D eigenvalue weighted by atomic mass is 9.85. The maximum absolute atomic E-state index is 11.6. The second kappa shape index (κ2) is 4.55. The van der Waals surface area contributed by atoms with Crippen LogP contribution >= 0.6 is 15.9 Å². The molecule has 88 valence electrons. The van der Waals surface area contributed by atoms with Gasteiger partial charge in [-0.15, -0.1) is 0 Å². The average molecular weight is 286 g/mol. The first-order valence-corrected chi connectivity index (χ1v) is 5.83. The Labute approximate surface area is 104 Å². The van der Waals surface area contributed by atoms with Gasteiger partial charge in [0.2, 0.25) is 0 Å². The van der Waals surface area contributed by atoms with Crippen LogP contribution in [0.25, 0.3) is 0 Å². The van der Waals surface area contributed by atoms with Gasteiger partial charge in [0.25, 0.3) is 0 Å². The Morgan fingerprint density at radius 3 is 2.44 bits per heavy atom. The van der Waals surface area contributed by atoms with Gasteiger partial charge in [0.1, 0.15) is 5.75 Å². The molecule has 0 aromatic heterocycles. The smallest absolute Gasteiger partial charge is 0.180 e. The van der Waals surface area contributed by atoms with Crippen LogP contribution in [-0.2, 0) is 5.41 Å². The van der Waals surface area contributed by atoms with Gasteiger partial charge in [-0.05, 0) is 17.5 Å². The normalized spacial score (nSPS) is 11.6. The van der Waals surface area contributed by atoms with E-state index in [1.165, 1.54) is 0 Å². The van der Waals surface area contributed by atoms with Gasteiger partial charge in [-0.2, -0.15) is 0 Å². The number of carbonyl (C=O) groups excluding carboxylic acids is 1. The molecule has 0 unspecified atom stereocenters. The molecule has 0 bridgehead atoms. The molecular formula is C12H16BrNO2. The van der Waals surface area contributed by atoms with E-state index in [0.717, 1.165) is 10.0 Å². The zero-order valence-electron chi connectivity index (χ0n) is 9.67. The summed E-state index contributed by atoms with van der Waals surface area (Å²) in [6, 6.07) is 3.42. The first-order valence-electron chi connectivity index (χ1n) is 5.03. The third kappa shape index (κ3) is 2.62. The van der Waals surface area contributed by atoms with Crippen molar-refractivity contribution >= 4 is 21.7 Å². The number of carbonyl (C=O) groups is 1. The summed E-state index contributed by atoms with van der Waals surface area (Å²) in [6.07, 6.45) is 0. The third-order valence-corrected chi connectivity index (χ3v) is 2.83. The van der Waals surface area contributed by atoms with Crippen molar-refractivity contribution in [1.82, 2.24) is 0 Å². The molecule has 3 nitrogen and oxygen atoms in total. The summed E-state index contributed by atoms with van der Waals surface area (Å²) in [7, 11) is 0. The number of halogens is 1. The highest BCUT2D eigenvalue weighted by Crippen LogP contribution is 2.35. The van der Waals surface area contributed by atoms with Crippen LogP contribution in [0.3, 0.4) is 0 Å². The molecule has 4 heteroatoms. The topological polar surface area (TPSA) is 63.3 Å². The summed E-state index contributed by atoms with van der Waals surface area (Å²) in [5.41, 5.74) is 6.10. The number of benzene rings is 1. The van der Waals surface area contributed by atoms with E-state index in [9.17, 15) is 9.90 Å². The van der Waals surface area contributed by atoms with Crippen LogP contribution in [0.2, 0.25) is 0 Å². The molecule has 0 fully saturated rings. The van der Waals surface area contributed by atoms with Gasteiger partial charge in [-0.25, -0.2) is 0 Å². The maximum Gasteiger partial charge on any atom is 0.180 e. The lowest BCUT2D eigenvalue weighted by molar-refractivity contribution is 0.0998. The standard InChI is InChI=1S/C12H16BrNO2/c1-12(2,3)9-5-7(13)4-8(11(9)16)10(15)6-14/h4-5,16H,6,14H2,1-3H3. The molecule has 1 aromatic rings. The summed E-state index contributed by atoms with van der Waals surface area (Å²) in [5, 5.41) is 10.1. The minimum absolute atomic E-state index is 0.0335. The Kier molecular flexibility index (Phi) is 3.76. The SMILES string of the molecule is CC(C)(C)c1cc(Br)cc(C(=O)CN)c1O. The Morgan fingerprint density at radius 2 is 2.00 bits per heavy atom. The molecule has 0 spiro atoms. The van der Waals surface area contributed by atoms with E-state index >= 15 is 0 Å². The molecular weight excluding hydrogens is 270 g/mol. The molecule has 3 N–H and O–H groups in total. The summed E-state index contributed by atoms with van der Waals surface area (Å²) in [4.78, 5) is 11.6. The van der Waals surface area contributed by atoms with Crippen LogP contribution in [0.4, 0.5) is 0 Å². The molecule has 0 atom stereocenters. The second-order valence-corrected chi connectivity index (χ2v) is 5.64. The molecule has 1 rings (SSSR count). The van der Waals surface area contributed by atoms with Crippen molar-refractivity contribution in [1.29, 1.82) is 0 Å². The predicted molar refractivity (Wildman–Crippen MR) is 67.9 cm³/mol. The van der Waals surface area contributed by atoms with Gasteiger partial charge in [0.15, 0.2) is 5.78 Å². The van der Waals surface area contributed by atoms with Crippen molar-refractivity contribution in [2.45, 2.75) is 26.2 Å². The van der Waals surface area contributed by atoms with E-state index in [1.807, 2.05) is 26.8 Å². The highest BCUT2D eigenvalue weighted by Gasteiger charge is 2.23. The fourth-order valence-corrected chi connectivity index (χ4v) is 1.95. The number of phenols is 1. The van der Waals surface area contributed by atoms with Crippen molar-refractivity contribution in [3.8, 4) is 5.75 Å². The van der Waals surface area contributed by atoms with Crippen molar-refractivity contribution in [2.24, 2.45) is 5.73 Å². The number of aromatic hydroxyl groups is 1. The summed E-state index contributed by atoms with van der Waals surface area (Å²) in [6.45, 7) is 5.83. The fraction of sp³-hybridized carbons (Fsp3) is 0.417. The molecule has 0 amide bonds. The third-order valence-electron chi connectivity index (χ3n) is 2.37. The van der Waals surface area contributed by atoms with Gasteiger partial charge < -0.3 is 10.8 Å². The van der Waals surface area contributed by atoms with E-state index in [2.05, 4.69) is 15.9 Å². The lowest BCUT2D eigenvalue weighted by Gasteiger charge is -2.22. The van der Waals surface area contributed by atoms with Crippen LogP contribution in [-0.4, -0.2) is 17.4 Å². The number of ketones is 1. The van der Waals surface area contributed by atoms with Gasteiger partial charge in [-0.1, -0.05) is 36.7 Å². The van der Waals surface area contributed by atoms with Gasteiger partial charge in [-0.3, -0.25) is 4.79 Å². The Bertz CT molecular complexity index is 422. The number of Topliss-reactive ketones (excluding diaryl/α,β-unsaturated/α-hetero) is 1. The quantitative estimate of drug-likeness (QED) is 0.821. The van der Waals surface area contributed by atoms with Crippen molar-refractivity contribution in [2.75, 3.05) is 6.54 Å². The van der Waals surface area contributed by atoms with Crippen molar-refractivity contribution < 1.29 is 9.90 Å². The van der Waals surface area contributed by atoms with Gasteiger partial charge >= 0.3 is 0 Å². The summed E-state index contributed by atoms with van der Waals surface area (Å²) in [5.74, 6) is -0.226. The molecule has 1 aromatic carbocycles. The van der Waals surface area contributed by atoms with Crippen LogP contribution in [0.1, 0.15) is 36.7 Å². The van der Waals surface area contributed by atoms with Gasteiger partial charge in [0.05, 0.1) is 12.1 Å². The molecule has 0 aliphatic rings. The Balaban J connectivity index is 3.44. The van der Waals surface area contributed by atoms with Crippen LogP contribution in [0.5, 0.6) is 5.75 Å². The lowest BCUT2D eigenvalue weighted by Crippen LogP contribution is -2.17. The minimum atomic E-state index is -0.260. The molecule has 0 saturated heterocycles. The Hall–Kier alpha value is -0.870. The minimum Gasteiger partial charge on any atom is -0.507 e. The average Bonchev–Trinajstić information content (AvgIpc) is 2.18. The van der Waals surface area contributed by atoms with Gasteiger partial charge in [0, 0.05) is 10.0 Å². The maximum atomic E-state index is 11.6. The highest BCUT2D eigenvalue weighted by molar-refractivity contribution is 9.10. The molecule has 0 radical (unpaired) electrons. The monoisotopic (exact) mass is 285 g/mol. The first kappa shape index (κ1) is 13.2. The first-order chi connectivity index (χ1) is 7.27. The van der Waals surface area contributed by atoms with Crippen molar-refractivity contribution in [3.63, 3.8) is 0 Å². The summed E-state index contributed by atoms with van der Waals surface area (Å²) >= 11 is 3.33. The van der Waals surface area contributed by atoms with E-state index in [4.69, 9.17) is 5.73 Å². The largest absolute Gasteiger partial charge is 0.507 e. The van der Waals surface area contributed by atoms with E-state index < -0.39 is 0 Å². The number of hydrogen-bond donors (Lipinski definition) is 2. The molecule has 16 heavy (non-hydrogen) atoms. The zero-order chi connectivity index (χ0) is 12.5. The molecule has 0 saturated carbocycles. The van der Waals surface area contributed by atoms with Crippen LogP contribution in [0.15, 0.2) is 16.6 Å². The van der Waals surface area contributed by atoms with E-state index in [-0.39, 0.29) is 29.1 Å². The van der Waals surface area contributed by atoms with Crippen molar-refractivity contribution in [3.05, 3.63) is 27.7 Å². The number of rotatable bonds is 2. The predicted octanol–water partition coefficient (Wildman–Crippen LogP) is 2.59. The Morgan fingerprint density at radius 1 is 1.44 bits per heavy atom. The molecule has 0 aliphatic heterocycles. The highest BCUT2D eigenvalue weighted by atomic mass is 79.9. The number of phenolic OH excluding ortho intramolecular Hbond substituents is 1. The number of hydrogen-bond acceptors (Lipinski definition) is 3.